The molecule has 6 heteroatoms. The van der Waals surface area contributed by atoms with Crippen molar-refractivity contribution in [3.05, 3.63) is 54.6 Å². The van der Waals surface area contributed by atoms with Gasteiger partial charge in [-0.05, 0) is 43.4 Å². The Morgan fingerprint density at radius 3 is 2.52 bits per heavy atom. The number of hydrogen-bond acceptors (Lipinski definition) is 5. The molecule has 1 fully saturated rings. The Hall–Kier alpha value is -2.57. The van der Waals surface area contributed by atoms with E-state index in [-0.39, 0.29) is 5.91 Å². The number of ether oxygens (including phenoxy) is 2. The van der Waals surface area contributed by atoms with Crippen molar-refractivity contribution in [3.63, 3.8) is 0 Å². The number of rotatable bonds is 8. The summed E-state index contributed by atoms with van der Waals surface area (Å²) in [5.41, 5.74) is 1.97. The molecule has 1 amide bonds. The fraction of sp³-hybridized carbons (Fsp3) is 0.381. The standard InChI is InChI=1S/C21H27N3O3/c1-23(11-16-27-20-5-3-2-4-6-20)17-21(25)22-18-7-9-19(10-8-18)24-12-14-26-15-13-24/h2-10H,11-17H2,1H3,(H,22,25). The van der Waals surface area contributed by atoms with E-state index in [4.69, 9.17) is 9.47 Å². The predicted octanol–water partition coefficient (Wildman–Crippen LogP) is 2.47. The summed E-state index contributed by atoms with van der Waals surface area (Å²) in [7, 11) is 1.91. The molecule has 0 aromatic heterocycles. The Morgan fingerprint density at radius 2 is 1.81 bits per heavy atom. The number of likely N-dealkylation sites (N-methyl/N-ethyl adjacent to an activating group) is 1. The molecule has 3 rings (SSSR count). The summed E-state index contributed by atoms with van der Waals surface area (Å²) >= 11 is 0. The van der Waals surface area contributed by atoms with Gasteiger partial charge in [0.25, 0.3) is 0 Å². The average molecular weight is 369 g/mol. The van der Waals surface area contributed by atoms with Gasteiger partial charge in [-0.15, -0.1) is 0 Å². The summed E-state index contributed by atoms with van der Waals surface area (Å²) in [5, 5.41) is 2.95. The number of para-hydroxylation sites is 1. The molecule has 1 saturated heterocycles. The van der Waals surface area contributed by atoms with E-state index in [2.05, 4.69) is 10.2 Å². The molecule has 1 aliphatic rings. The third-order valence-electron chi connectivity index (χ3n) is 4.43. The van der Waals surface area contributed by atoms with Crippen LogP contribution in [-0.2, 0) is 9.53 Å². The monoisotopic (exact) mass is 369 g/mol. The summed E-state index contributed by atoms with van der Waals surface area (Å²) < 4.78 is 11.0. The number of amides is 1. The zero-order valence-corrected chi connectivity index (χ0v) is 15.8. The summed E-state index contributed by atoms with van der Waals surface area (Å²) in [6.45, 7) is 4.88. The molecule has 0 saturated carbocycles. The van der Waals surface area contributed by atoms with E-state index in [1.807, 2.05) is 66.5 Å². The lowest BCUT2D eigenvalue weighted by atomic mass is 10.2. The molecule has 0 aliphatic carbocycles. The van der Waals surface area contributed by atoms with Gasteiger partial charge in [0.1, 0.15) is 12.4 Å². The zero-order valence-electron chi connectivity index (χ0n) is 15.8. The molecule has 0 atom stereocenters. The van der Waals surface area contributed by atoms with Gasteiger partial charge in [0.05, 0.1) is 19.8 Å². The van der Waals surface area contributed by atoms with Crippen LogP contribution < -0.4 is 15.0 Å². The predicted molar refractivity (Wildman–Crippen MR) is 108 cm³/mol. The van der Waals surface area contributed by atoms with Crippen LogP contribution in [0.2, 0.25) is 0 Å². The van der Waals surface area contributed by atoms with E-state index in [0.717, 1.165) is 43.4 Å². The minimum Gasteiger partial charge on any atom is -0.492 e. The summed E-state index contributed by atoms with van der Waals surface area (Å²) in [5.74, 6) is 0.812. The second kappa shape index (κ2) is 9.94. The van der Waals surface area contributed by atoms with Gasteiger partial charge in [0, 0.05) is 31.0 Å². The molecule has 0 radical (unpaired) electrons. The molecule has 6 nitrogen and oxygen atoms in total. The number of morpholine rings is 1. The van der Waals surface area contributed by atoms with Crippen LogP contribution in [0.4, 0.5) is 11.4 Å². The molecule has 0 bridgehead atoms. The molecule has 1 heterocycles. The fourth-order valence-electron chi connectivity index (χ4n) is 2.94. The van der Waals surface area contributed by atoms with Crippen LogP contribution >= 0.6 is 0 Å². The first kappa shape index (κ1) is 19.2. The van der Waals surface area contributed by atoms with Crippen molar-refractivity contribution >= 4 is 17.3 Å². The lowest BCUT2D eigenvalue weighted by Crippen LogP contribution is -2.36. The number of carbonyl (C=O) groups is 1. The normalized spacial score (nSPS) is 14.2. The van der Waals surface area contributed by atoms with Crippen molar-refractivity contribution in [1.29, 1.82) is 0 Å². The number of anilines is 2. The molecule has 2 aromatic rings. The average Bonchev–Trinajstić information content (AvgIpc) is 2.70. The molecular formula is C21H27N3O3. The van der Waals surface area contributed by atoms with E-state index in [0.29, 0.717) is 19.7 Å². The summed E-state index contributed by atoms with van der Waals surface area (Å²) in [4.78, 5) is 16.5. The Morgan fingerprint density at radius 1 is 1.11 bits per heavy atom. The second-order valence-corrected chi connectivity index (χ2v) is 6.59. The van der Waals surface area contributed by atoms with Gasteiger partial charge in [-0.25, -0.2) is 0 Å². The number of carbonyl (C=O) groups excluding carboxylic acids is 1. The molecular weight excluding hydrogens is 342 g/mol. The minimum absolute atomic E-state index is 0.0312. The van der Waals surface area contributed by atoms with Crippen molar-refractivity contribution in [2.45, 2.75) is 0 Å². The van der Waals surface area contributed by atoms with E-state index < -0.39 is 0 Å². The molecule has 0 spiro atoms. The van der Waals surface area contributed by atoms with Gasteiger partial charge in [0.2, 0.25) is 5.91 Å². The fourth-order valence-corrected chi connectivity index (χ4v) is 2.94. The van der Waals surface area contributed by atoms with Gasteiger partial charge in [-0.2, -0.15) is 0 Å². The quantitative estimate of drug-likeness (QED) is 0.775. The van der Waals surface area contributed by atoms with Gasteiger partial charge < -0.3 is 19.7 Å². The zero-order chi connectivity index (χ0) is 18.9. The third-order valence-corrected chi connectivity index (χ3v) is 4.43. The number of benzene rings is 2. The summed E-state index contributed by atoms with van der Waals surface area (Å²) in [6, 6.07) is 17.7. The highest BCUT2D eigenvalue weighted by atomic mass is 16.5. The van der Waals surface area contributed by atoms with Crippen LogP contribution in [0.5, 0.6) is 5.75 Å². The van der Waals surface area contributed by atoms with Gasteiger partial charge in [-0.1, -0.05) is 18.2 Å². The van der Waals surface area contributed by atoms with Crippen molar-refractivity contribution in [3.8, 4) is 5.75 Å². The lowest BCUT2D eigenvalue weighted by Gasteiger charge is -2.28. The van der Waals surface area contributed by atoms with Gasteiger partial charge in [-0.3, -0.25) is 9.69 Å². The van der Waals surface area contributed by atoms with Crippen molar-refractivity contribution < 1.29 is 14.3 Å². The SMILES string of the molecule is CN(CCOc1ccccc1)CC(=O)Nc1ccc(N2CCOCC2)cc1. The first-order chi connectivity index (χ1) is 13.2. The van der Waals surface area contributed by atoms with E-state index in [9.17, 15) is 4.79 Å². The highest BCUT2D eigenvalue weighted by Gasteiger charge is 2.11. The lowest BCUT2D eigenvalue weighted by molar-refractivity contribution is -0.117. The van der Waals surface area contributed by atoms with Crippen LogP contribution in [0, 0.1) is 0 Å². The Labute approximate surface area is 160 Å². The van der Waals surface area contributed by atoms with E-state index in [1.54, 1.807) is 0 Å². The molecule has 1 aliphatic heterocycles. The van der Waals surface area contributed by atoms with Crippen LogP contribution in [0.15, 0.2) is 54.6 Å². The second-order valence-electron chi connectivity index (χ2n) is 6.59. The number of nitrogens with zero attached hydrogens (tertiary/aromatic N) is 2. The maximum absolute atomic E-state index is 12.2. The van der Waals surface area contributed by atoms with Crippen LogP contribution in [0.1, 0.15) is 0 Å². The Kier molecular flexibility index (Phi) is 7.07. The minimum atomic E-state index is -0.0312. The van der Waals surface area contributed by atoms with Gasteiger partial charge in [0.15, 0.2) is 0 Å². The van der Waals surface area contributed by atoms with Crippen LogP contribution in [0.25, 0.3) is 0 Å². The smallest absolute Gasteiger partial charge is 0.238 e. The van der Waals surface area contributed by atoms with Crippen molar-refractivity contribution in [2.24, 2.45) is 0 Å². The number of hydrogen-bond donors (Lipinski definition) is 1. The van der Waals surface area contributed by atoms with Crippen molar-refractivity contribution in [2.75, 3.05) is 63.3 Å². The van der Waals surface area contributed by atoms with Crippen LogP contribution in [-0.4, -0.2) is 63.9 Å². The third kappa shape index (κ3) is 6.27. The summed E-state index contributed by atoms with van der Waals surface area (Å²) in [6.07, 6.45) is 0. The number of nitrogens with one attached hydrogen (secondary N) is 1. The maximum atomic E-state index is 12.2. The molecule has 144 valence electrons. The van der Waals surface area contributed by atoms with Crippen molar-refractivity contribution in [1.82, 2.24) is 4.90 Å². The molecule has 0 unspecified atom stereocenters. The Bertz CT molecular complexity index is 700. The highest BCUT2D eigenvalue weighted by Crippen LogP contribution is 2.19. The first-order valence-electron chi connectivity index (χ1n) is 9.30. The topological polar surface area (TPSA) is 54.0 Å². The largest absolute Gasteiger partial charge is 0.492 e. The first-order valence-corrected chi connectivity index (χ1v) is 9.30. The molecule has 27 heavy (non-hydrogen) atoms. The maximum Gasteiger partial charge on any atom is 0.238 e. The van der Waals surface area contributed by atoms with E-state index in [1.165, 1.54) is 0 Å². The molecule has 2 aromatic carbocycles. The van der Waals surface area contributed by atoms with Gasteiger partial charge >= 0.3 is 0 Å². The Balaban J connectivity index is 1.39. The van der Waals surface area contributed by atoms with E-state index >= 15 is 0 Å². The van der Waals surface area contributed by atoms with Crippen LogP contribution in [0.3, 0.4) is 0 Å². The molecule has 1 N–H and O–H groups in total. The highest BCUT2D eigenvalue weighted by molar-refractivity contribution is 5.92.